The molecule has 0 saturated heterocycles. The SMILES string of the molecule is CCC(Sc1cccc(NC(=O)/C(=C\c2ccccc2Cl)NC(=O)c2ccccc2)c1)C(=O)Nc1cc(C(=O)O)ccc1C. The van der Waals surface area contributed by atoms with Crippen molar-refractivity contribution in [1.82, 2.24) is 5.32 Å². The Morgan fingerprint density at radius 1 is 0.864 bits per heavy atom. The molecule has 8 nitrogen and oxygen atoms in total. The lowest BCUT2D eigenvalue weighted by Crippen LogP contribution is -2.30. The maximum atomic E-state index is 13.5. The van der Waals surface area contributed by atoms with E-state index >= 15 is 0 Å². The van der Waals surface area contributed by atoms with Gasteiger partial charge in [-0.15, -0.1) is 11.8 Å². The molecule has 0 saturated carbocycles. The lowest BCUT2D eigenvalue weighted by atomic mass is 10.1. The number of aryl methyl sites for hydroxylation is 1. The van der Waals surface area contributed by atoms with Crippen molar-refractivity contribution >= 4 is 64.5 Å². The van der Waals surface area contributed by atoms with Gasteiger partial charge in [0, 0.05) is 26.9 Å². The molecule has 4 aromatic rings. The number of amides is 3. The van der Waals surface area contributed by atoms with E-state index in [0.29, 0.717) is 33.9 Å². The Bertz CT molecular complexity index is 1730. The highest BCUT2D eigenvalue weighted by Crippen LogP contribution is 2.29. The number of nitrogens with one attached hydrogen (secondary N) is 3. The number of anilines is 2. The quantitative estimate of drug-likeness (QED) is 0.102. The second kappa shape index (κ2) is 15.0. The largest absolute Gasteiger partial charge is 0.478 e. The molecule has 0 aliphatic heterocycles. The van der Waals surface area contributed by atoms with Crippen LogP contribution in [-0.4, -0.2) is 34.0 Å². The highest BCUT2D eigenvalue weighted by molar-refractivity contribution is 8.00. The molecule has 1 unspecified atom stereocenters. The van der Waals surface area contributed by atoms with Gasteiger partial charge in [0.25, 0.3) is 11.8 Å². The second-order valence-electron chi connectivity index (χ2n) is 9.72. The predicted molar refractivity (Wildman–Crippen MR) is 175 cm³/mol. The predicted octanol–water partition coefficient (Wildman–Crippen LogP) is 7.27. The van der Waals surface area contributed by atoms with Gasteiger partial charge in [0.15, 0.2) is 0 Å². The van der Waals surface area contributed by atoms with Crippen molar-refractivity contribution in [2.24, 2.45) is 0 Å². The van der Waals surface area contributed by atoms with E-state index in [2.05, 4.69) is 16.0 Å². The smallest absolute Gasteiger partial charge is 0.335 e. The Morgan fingerprint density at radius 2 is 1.59 bits per heavy atom. The van der Waals surface area contributed by atoms with E-state index in [1.165, 1.54) is 30.0 Å². The number of carboxylic acid groups (broad SMARTS) is 1. The first kappa shape index (κ1) is 32.1. The van der Waals surface area contributed by atoms with E-state index in [9.17, 15) is 24.3 Å². The van der Waals surface area contributed by atoms with Gasteiger partial charge in [-0.3, -0.25) is 14.4 Å². The van der Waals surface area contributed by atoms with E-state index in [0.717, 1.165) is 10.5 Å². The van der Waals surface area contributed by atoms with E-state index in [1.807, 2.05) is 13.0 Å². The fraction of sp³-hybridized carbons (Fsp3) is 0.118. The molecular weight excluding hydrogens is 598 g/mol. The van der Waals surface area contributed by atoms with Gasteiger partial charge in [-0.25, -0.2) is 4.79 Å². The van der Waals surface area contributed by atoms with E-state index in [4.69, 9.17) is 11.6 Å². The van der Waals surface area contributed by atoms with Crippen molar-refractivity contribution in [2.75, 3.05) is 10.6 Å². The maximum absolute atomic E-state index is 13.5. The molecule has 0 radical (unpaired) electrons. The molecule has 1 atom stereocenters. The Hall–Kier alpha value is -4.86. The van der Waals surface area contributed by atoms with Gasteiger partial charge in [-0.1, -0.05) is 67.1 Å². The molecule has 0 heterocycles. The van der Waals surface area contributed by atoms with Crippen LogP contribution in [0.3, 0.4) is 0 Å². The minimum Gasteiger partial charge on any atom is -0.478 e. The minimum atomic E-state index is -1.08. The van der Waals surface area contributed by atoms with Gasteiger partial charge in [0.2, 0.25) is 5.91 Å². The zero-order chi connectivity index (χ0) is 31.6. The minimum absolute atomic E-state index is 0.00483. The van der Waals surface area contributed by atoms with Crippen molar-refractivity contribution in [3.05, 3.63) is 130 Å². The zero-order valence-electron chi connectivity index (χ0n) is 24.0. The maximum Gasteiger partial charge on any atom is 0.335 e. The molecule has 0 aliphatic carbocycles. The lowest BCUT2D eigenvalue weighted by Gasteiger charge is -2.17. The topological polar surface area (TPSA) is 125 Å². The summed E-state index contributed by atoms with van der Waals surface area (Å²) < 4.78 is 0. The van der Waals surface area contributed by atoms with Gasteiger partial charge in [-0.05, 0) is 79.1 Å². The summed E-state index contributed by atoms with van der Waals surface area (Å²) in [6.07, 6.45) is 2.01. The van der Waals surface area contributed by atoms with Crippen LogP contribution < -0.4 is 16.0 Å². The van der Waals surface area contributed by atoms with E-state index in [-0.39, 0.29) is 17.2 Å². The van der Waals surface area contributed by atoms with Crippen molar-refractivity contribution in [3.63, 3.8) is 0 Å². The Labute approximate surface area is 264 Å². The van der Waals surface area contributed by atoms with Gasteiger partial charge in [-0.2, -0.15) is 0 Å². The number of hydrogen-bond acceptors (Lipinski definition) is 5. The van der Waals surface area contributed by atoms with Crippen LogP contribution in [0, 0.1) is 6.92 Å². The summed E-state index contributed by atoms with van der Waals surface area (Å²) in [6, 6.07) is 27.1. The number of carbonyl (C=O) groups is 4. The van der Waals surface area contributed by atoms with Crippen LogP contribution in [0.5, 0.6) is 0 Å². The first-order valence-corrected chi connectivity index (χ1v) is 15.0. The first-order valence-electron chi connectivity index (χ1n) is 13.7. The molecule has 4 rings (SSSR count). The van der Waals surface area contributed by atoms with Crippen LogP contribution in [0.15, 0.2) is 108 Å². The van der Waals surface area contributed by atoms with E-state index < -0.39 is 23.0 Å². The van der Waals surface area contributed by atoms with Crippen LogP contribution in [0.1, 0.15) is 45.2 Å². The highest BCUT2D eigenvalue weighted by atomic mass is 35.5. The van der Waals surface area contributed by atoms with Crippen LogP contribution in [0.2, 0.25) is 5.02 Å². The van der Waals surface area contributed by atoms with Crippen LogP contribution in [-0.2, 0) is 9.59 Å². The average Bonchev–Trinajstić information content (AvgIpc) is 3.02. The van der Waals surface area contributed by atoms with Crippen LogP contribution in [0.4, 0.5) is 11.4 Å². The number of rotatable bonds is 11. The molecule has 0 aliphatic rings. The molecular formula is C34H30ClN3O5S. The monoisotopic (exact) mass is 627 g/mol. The third-order valence-electron chi connectivity index (χ3n) is 6.51. The van der Waals surface area contributed by atoms with Gasteiger partial charge in [0.1, 0.15) is 5.70 Å². The number of carboxylic acids is 1. The first-order chi connectivity index (χ1) is 21.1. The number of carbonyl (C=O) groups excluding carboxylic acids is 3. The number of thioether (sulfide) groups is 1. The summed E-state index contributed by atoms with van der Waals surface area (Å²) >= 11 is 7.64. The molecule has 0 fully saturated rings. The summed E-state index contributed by atoms with van der Waals surface area (Å²) in [5, 5.41) is 17.6. The fourth-order valence-electron chi connectivity index (χ4n) is 4.13. The number of aromatic carboxylic acids is 1. The number of hydrogen-bond donors (Lipinski definition) is 4. The summed E-state index contributed by atoms with van der Waals surface area (Å²) in [5.74, 6) is -2.37. The van der Waals surface area contributed by atoms with Crippen molar-refractivity contribution in [1.29, 1.82) is 0 Å². The molecule has 0 aromatic heterocycles. The van der Waals surface area contributed by atoms with Gasteiger partial charge in [0.05, 0.1) is 10.8 Å². The summed E-state index contributed by atoms with van der Waals surface area (Å²) in [7, 11) is 0. The normalized spacial score (nSPS) is 11.8. The molecule has 4 aromatic carbocycles. The van der Waals surface area contributed by atoms with Crippen molar-refractivity contribution in [2.45, 2.75) is 30.4 Å². The Morgan fingerprint density at radius 3 is 2.30 bits per heavy atom. The summed E-state index contributed by atoms with van der Waals surface area (Å²) in [6.45, 7) is 3.67. The molecule has 0 bridgehead atoms. The standard InChI is InChI=1S/C34H30ClN3O5S/c1-3-30(33(41)37-28-19-24(34(42)43)17-16-21(28)2)44-26-14-9-13-25(20-26)36-32(40)29(18-23-12-7-8-15-27(23)35)38-31(39)22-10-5-4-6-11-22/h4-20,30H,3H2,1-2H3,(H,36,40)(H,37,41)(H,38,39)(H,42,43)/b29-18+. The second-order valence-corrected chi connectivity index (χ2v) is 11.4. The van der Waals surface area contributed by atoms with Crippen LogP contribution in [0.25, 0.3) is 6.08 Å². The van der Waals surface area contributed by atoms with Crippen LogP contribution >= 0.6 is 23.4 Å². The fourth-order valence-corrected chi connectivity index (χ4v) is 5.33. The Kier molecular flexibility index (Phi) is 11.0. The van der Waals surface area contributed by atoms with E-state index in [1.54, 1.807) is 85.8 Å². The molecule has 0 spiro atoms. The third kappa shape index (κ3) is 8.59. The third-order valence-corrected chi connectivity index (χ3v) is 8.21. The molecule has 224 valence electrons. The molecule has 44 heavy (non-hydrogen) atoms. The van der Waals surface area contributed by atoms with Crippen molar-refractivity contribution < 1.29 is 24.3 Å². The van der Waals surface area contributed by atoms with Crippen molar-refractivity contribution in [3.8, 4) is 0 Å². The number of halogens is 1. The number of benzene rings is 4. The molecule has 4 N–H and O–H groups in total. The lowest BCUT2D eigenvalue weighted by molar-refractivity contribution is -0.116. The molecule has 10 heteroatoms. The summed E-state index contributed by atoms with van der Waals surface area (Å²) in [5.41, 5.74) is 2.65. The van der Waals surface area contributed by atoms with Gasteiger partial charge < -0.3 is 21.1 Å². The zero-order valence-corrected chi connectivity index (χ0v) is 25.5. The highest BCUT2D eigenvalue weighted by Gasteiger charge is 2.21. The molecule has 3 amide bonds. The summed E-state index contributed by atoms with van der Waals surface area (Å²) in [4.78, 5) is 51.6. The Balaban J connectivity index is 1.51. The van der Waals surface area contributed by atoms with Gasteiger partial charge >= 0.3 is 5.97 Å². The average molecular weight is 628 g/mol.